The lowest BCUT2D eigenvalue weighted by Crippen LogP contribution is -2.60. The molecule has 0 aromatic rings. The van der Waals surface area contributed by atoms with Crippen molar-refractivity contribution in [2.24, 2.45) is 11.7 Å². The first-order chi connectivity index (χ1) is 15.2. The third-order valence-corrected chi connectivity index (χ3v) is 8.04. The molecular weight excluding hydrogens is 428 g/mol. The van der Waals surface area contributed by atoms with E-state index in [-0.39, 0.29) is 24.5 Å². The van der Waals surface area contributed by atoms with Gasteiger partial charge in [0.2, 0.25) is 11.8 Å². The molecule has 2 aliphatic rings. The summed E-state index contributed by atoms with van der Waals surface area (Å²) < 4.78 is 4.52. The van der Waals surface area contributed by atoms with Gasteiger partial charge in [0.15, 0.2) is 0 Å². The molecule has 2 unspecified atom stereocenters. The second kappa shape index (κ2) is 12.7. The molecule has 0 aromatic carbocycles. The summed E-state index contributed by atoms with van der Waals surface area (Å²) in [6, 6.07) is -0.985. The van der Waals surface area contributed by atoms with Crippen LogP contribution in [0.15, 0.2) is 0 Å². The largest absolute Gasteiger partial charge is 0.450 e. The predicted molar refractivity (Wildman–Crippen MR) is 128 cm³/mol. The molecule has 9 heteroatoms. The third kappa shape index (κ3) is 7.54. The summed E-state index contributed by atoms with van der Waals surface area (Å²) in [6.45, 7) is 9.11. The Kier molecular flexibility index (Phi) is 10.6. The van der Waals surface area contributed by atoms with Crippen LogP contribution in [0.1, 0.15) is 72.6 Å². The van der Waals surface area contributed by atoms with E-state index in [1.54, 1.807) is 23.6 Å². The first-order valence-corrected chi connectivity index (χ1v) is 13.1. The first-order valence-electron chi connectivity index (χ1n) is 12.1. The van der Waals surface area contributed by atoms with Gasteiger partial charge in [-0.15, -0.1) is 0 Å². The van der Waals surface area contributed by atoms with Crippen molar-refractivity contribution in [2.45, 2.75) is 95.5 Å². The molecule has 4 N–H and O–H groups in total. The number of nitrogens with zero attached hydrogens (tertiary/aromatic N) is 1. The van der Waals surface area contributed by atoms with Crippen molar-refractivity contribution in [3.05, 3.63) is 0 Å². The van der Waals surface area contributed by atoms with Crippen LogP contribution in [-0.4, -0.2) is 71.1 Å². The number of ether oxygens (including phenoxy) is 1. The van der Waals surface area contributed by atoms with Crippen LogP contribution >= 0.6 is 11.8 Å². The average molecular weight is 471 g/mol. The summed E-state index contributed by atoms with van der Waals surface area (Å²) in [6.07, 6.45) is 5.84. The van der Waals surface area contributed by atoms with Gasteiger partial charge < -0.3 is 26.0 Å². The summed E-state index contributed by atoms with van der Waals surface area (Å²) in [5.41, 5.74) is 5.98. The van der Waals surface area contributed by atoms with Gasteiger partial charge in [-0.2, -0.15) is 11.8 Å². The fraction of sp³-hybridized carbons (Fsp3) is 0.870. The lowest BCUT2D eigenvalue weighted by atomic mass is 9.86. The van der Waals surface area contributed by atoms with Crippen LogP contribution < -0.4 is 16.4 Å². The summed E-state index contributed by atoms with van der Waals surface area (Å²) in [7, 11) is 0. The quantitative estimate of drug-likeness (QED) is 0.452. The molecule has 0 aromatic heterocycles. The second-order valence-corrected chi connectivity index (χ2v) is 11.2. The molecule has 1 heterocycles. The molecule has 3 amide bonds. The summed E-state index contributed by atoms with van der Waals surface area (Å²) >= 11 is 1.64. The van der Waals surface area contributed by atoms with Gasteiger partial charge in [0.1, 0.15) is 12.1 Å². The molecule has 2 rings (SSSR count). The second-order valence-electron chi connectivity index (χ2n) is 9.47. The Morgan fingerprint density at radius 3 is 2.47 bits per heavy atom. The minimum Gasteiger partial charge on any atom is -0.450 e. The highest BCUT2D eigenvalue weighted by atomic mass is 32.2. The van der Waals surface area contributed by atoms with E-state index in [0.717, 1.165) is 44.3 Å². The number of carbonyl (C=O) groups excluding carboxylic acids is 3. The monoisotopic (exact) mass is 470 g/mol. The van der Waals surface area contributed by atoms with E-state index in [2.05, 4.69) is 17.6 Å². The molecule has 0 radical (unpaired) electrons. The molecule has 0 bridgehead atoms. The lowest BCUT2D eigenvalue weighted by molar-refractivity contribution is -0.140. The van der Waals surface area contributed by atoms with Crippen molar-refractivity contribution in [1.29, 1.82) is 0 Å². The third-order valence-electron chi connectivity index (χ3n) is 6.45. The molecule has 2 atom stereocenters. The number of likely N-dealkylation sites (tertiary alicyclic amines) is 1. The number of hydrogen-bond acceptors (Lipinski definition) is 6. The van der Waals surface area contributed by atoms with E-state index in [1.165, 1.54) is 0 Å². The number of nitrogens with two attached hydrogens (primary N) is 1. The van der Waals surface area contributed by atoms with Crippen molar-refractivity contribution < 1.29 is 19.1 Å². The minimum absolute atomic E-state index is 0.0976. The van der Waals surface area contributed by atoms with Gasteiger partial charge in [0.25, 0.3) is 0 Å². The Morgan fingerprint density at radius 2 is 1.84 bits per heavy atom. The van der Waals surface area contributed by atoms with Gasteiger partial charge in [0, 0.05) is 23.9 Å². The molecule has 1 aliphatic heterocycles. The average Bonchev–Trinajstić information content (AvgIpc) is 3.25. The van der Waals surface area contributed by atoms with Gasteiger partial charge in [-0.1, -0.05) is 6.92 Å². The number of amides is 3. The highest BCUT2D eigenvalue weighted by Crippen LogP contribution is 2.32. The molecule has 1 aliphatic carbocycles. The Balaban J connectivity index is 2.05. The van der Waals surface area contributed by atoms with Gasteiger partial charge in [-0.3, -0.25) is 9.59 Å². The first kappa shape index (κ1) is 26.8. The minimum atomic E-state index is -0.772. The van der Waals surface area contributed by atoms with Crippen molar-refractivity contribution >= 4 is 29.7 Å². The Labute approximate surface area is 197 Å². The van der Waals surface area contributed by atoms with Crippen LogP contribution in [0.4, 0.5) is 4.79 Å². The number of carbonyl (C=O) groups is 3. The topological polar surface area (TPSA) is 114 Å². The fourth-order valence-corrected chi connectivity index (χ4v) is 5.55. The van der Waals surface area contributed by atoms with Crippen LogP contribution in [0.2, 0.25) is 0 Å². The number of hydrogen-bond donors (Lipinski definition) is 3. The highest BCUT2D eigenvalue weighted by molar-refractivity contribution is 8.00. The number of thioether (sulfide) groups is 1. The molecule has 2 fully saturated rings. The molecule has 8 nitrogen and oxygen atoms in total. The molecule has 0 spiro atoms. The molecule has 32 heavy (non-hydrogen) atoms. The zero-order valence-corrected chi connectivity index (χ0v) is 21.0. The zero-order chi connectivity index (χ0) is 23.7. The smallest absolute Gasteiger partial charge is 0.407 e. The lowest BCUT2D eigenvalue weighted by Gasteiger charge is -2.37. The summed E-state index contributed by atoms with van der Waals surface area (Å²) in [5, 5.41) is 5.85. The summed E-state index contributed by atoms with van der Waals surface area (Å²) in [5.74, 6) is 1.01. The Morgan fingerprint density at radius 1 is 1.16 bits per heavy atom. The van der Waals surface area contributed by atoms with E-state index >= 15 is 0 Å². The Hall–Kier alpha value is -1.48. The van der Waals surface area contributed by atoms with Gasteiger partial charge in [0.05, 0.1) is 6.61 Å². The maximum atomic E-state index is 13.6. The molecule has 1 saturated heterocycles. The van der Waals surface area contributed by atoms with Crippen LogP contribution in [0.5, 0.6) is 0 Å². The van der Waals surface area contributed by atoms with Crippen molar-refractivity contribution in [2.75, 3.05) is 25.4 Å². The zero-order valence-electron chi connectivity index (χ0n) is 20.2. The van der Waals surface area contributed by atoms with Crippen LogP contribution in [0.25, 0.3) is 0 Å². The van der Waals surface area contributed by atoms with Crippen LogP contribution in [0, 0.1) is 5.92 Å². The number of rotatable bonds is 10. The van der Waals surface area contributed by atoms with Gasteiger partial charge in [-0.05, 0) is 77.4 Å². The van der Waals surface area contributed by atoms with Gasteiger partial charge in [-0.25, -0.2) is 4.79 Å². The van der Waals surface area contributed by atoms with E-state index < -0.39 is 22.9 Å². The van der Waals surface area contributed by atoms with Crippen molar-refractivity contribution in [3.8, 4) is 0 Å². The molecular formula is C23H42N4O4S. The SMILES string of the molecule is CCCSC(C)(C)C(NC(=O)OCC)C(=O)N1CCCC1C(=O)NCC1CCC(N)CC1. The Bertz CT molecular complexity index is 637. The molecule has 184 valence electrons. The molecule has 1 saturated carbocycles. The fourth-order valence-electron chi connectivity index (χ4n) is 4.50. The van der Waals surface area contributed by atoms with E-state index in [0.29, 0.717) is 25.4 Å². The van der Waals surface area contributed by atoms with E-state index in [4.69, 9.17) is 10.5 Å². The highest BCUT2D eigenvalue weighted by Gasteiger charge is 2.44. The maximum absolute atomic E-state index is 13.6. The predicted octanol–water partition coefficient (Wildman–Crippen LogP) is 2.65. The standard InChI is InChI=1S/C23H42N4O4S/c1-5-14-32-23(3,4)19(26-22(30)31-6-2)21(29)27-13-7-8-18(27)20(28)25-15-16-9-11-17(24)12-10-16/h16-19H,5-15,24H2,1-4H3,(H,25,28)(H,26,30). The normalized spacial score (nSPS) is 24.7. The maximum Gasteiger partial charge on any atom is 0.407 e. The van der Waals surface area contributed by atoms with Gasteiger partial charge >= 0.3 is 6.09 Å². The van der Waals surface area contributed by atoms with Crippen LogP contribution in [-0.2, 0) is 14.3 Å². The van der Waals surface area contributed by atoms with E-state index in [1.807, 2.05) is 13.8 Å². The number of alkyl carbamates (subject to hydrolysis) is 1. The summed E-state index contributed by atoms with van der Waals surface area (Å²) in [4.78, 5) is 40.4. The van der Waals surface area contributed by atoms with Crippen molar-refractivity contribution in [3.63, 3.8) is 0 Å². The van der Waals surface area contributed by atoms with Crippen LogP contribution in [0.3, 0.4) is 0 Å². The van der Waals surface area contributed by atoms with E-state index in [9.17, 15) is 14.4 Å². The number of nitrogens with one attached hydrogen (secondary N) is 2. The van der Waals surface area contributed by atoms with Crippen molar-refractivity contribution in [1.82, 2.24) is 15.5 Å².